The van der Waals surface area contributed by atoms with Crippen molar-refractivity contribution in [2.75, 3.05) is 12.3 Å². The van der Waals surface area contributed by atoms with Crippen LogP contribution in [-0.4, -0.2) is 65.6 Å². The Hall–Kier alpha value is -1.46. The molecule has 10 heteroatoms. The summed E-state index contributed by atoms with van der Waals surface area (Å²) < 4.78 is 5.35. The molecule has 108 valence electrons. The van der Waals surface area contributed by atoms with Crippen molar-refractivity contribution in [2.45, 2.75) is 28.9 Å². The van der Waals surface area contributed by atoms with E-state index in [2.05, 4.69) is 19.9 Å². The van der Waals surface area contributed by atoms with E-state index in [0.717, 1.165) is 11.8 Å². The van der Waals surface area contributed by atoms with Crippen LogP contribution in [0.2, 0.25) is 0 Å². The number of rotatable bonds is 3. The number of H-pyrrole nitrogens is 1. The molecule has 0 spiro atoms. The summed E-state index contributed by atoms with van der Waals surface area (Å²) in [5.74, 6) is 0.274. The van der Waals surface area contributed by atoms with Gasteiger partial charge in [-0.25, -0.2) is 15.0 Å². The zero-order valence-corrected chi connectivity index (χ0v) is 11.0. The second-order valence-corrected chi connectivity index (χ2v) is 5.41. The monoisotopic (exact) mass is 299 g/mol. The van der Waals surface area contributed by atoms with E-state index in [9.17, 15) is 10.2 Å². The maximum atomic E-state index is 9.85. The summed E-state index contributed by atoms with van der Waals surface area (Å²) >= 11 is 1.08. The number of aliphatic hydroxyl groups excluding tert-OH is 3. The highest BCUT2D eigenvalue weighted by Gasteiger charge is 2.43. The summed E-state index contributed by atoms with van der Waals surface area (Å²) in [6.45, 7) is -0.367. The van der Waals surface area contributed by atoms with Crippen LogP contribution in [0, 0.1) is 0 Å². The molecule has 0 radical (unpaired) electrons. The van der Waals surface area contributed by atoms with Crippen LogP contribution in [0.3, 0.4) is 0 Å². The highest BCUT2D eigenvalue weighted by Crippen LogP contribution is 2.33. The molecular weight excluding hydrogens is 286 g/mol. The van der Waals surface area contributed by atoms with Crippen molar-refractivity contribution >= 4 is 28.7 Å². The van der Waals surface area contributed by atoms with Crippen molar-refractivity contribution in [3.8, 4) is 0 Å². The van der Waals surface area contributed by atoms with Gasteiger partial charge in [0.05, 0.1) is 6.61 Å². The van der Waals surface area contributed by atoms with Crippen molar-refractivity contribution in [2.24, 2.45) is 0 Å². The number of nitrogens with one attached hydrogen (secondary N) is 1. The van der Waals surface area contributed by atoms with Crippen molar-refractivity contribution in [3.63, 3.8) is 0 Å². The molecule has 0 saturated carbocycles. The van der Waals surface area contributed by atoms with Gasteiger partial charge in [-0.3, -0.25) is 0 Å². The number of aromatic nitrogens is 4. The quantitative estimate of drug-likeness (QED) is 0.454. The van der Waals surface area contributed by atoms with E-state index in [1.165, 1.54) is 6.33 Å². The fraction of sp³-hybridized carbons (Fsp3) is 0.500. The van der Waals surface area contributed by atoms with E-state index in [1.54, 1.807) is 0 Å². The van der Waals surface area contributed by atoms with Crippen molar-refractivity contribution in [1.82, 2.24) is 19.9 Å². The number of anilines is 1. The minimum absolute atomic E-state index is 0.274. The molecule has 1 aliphatic rings. The molecule has 2 aromatic heterocycles. The van der Waals surface area contributed by atoms with Gasteiger partial charge in [0.15, 0.2) is 16.6 Å². The van der Waals surface area contributed by atoms with Gasteiger partial charge >= 0.3 is 0 Å². The van der Waals surface area contributed by atoms with Gasteiger partial charge in [-0.05, 0) is 0 Å². The predicted molar refractivity (Wildman–Crippen MR) is 69.7 cm³/mol. The summed E-state index contributed by atoms with van der Waals surface area (Å²) in [4.78, 5) is 14.9. The number of aliphatic hydroxyl groups is 3. The lowest BCUT2D eigenvalue weighted by Gasteiger charge is -2.11. The SMILES string of the molecule is Nc1ncnc2nc(S[C@@H]3O[C@@H](CO)[C@@H](O)[C@H]3O)[nH]c12. The highest BCUT2D eigenvalue weighted by molar-refractivity contribution is 7.99. The smallest absolute Gasteiger partial charge is 0.183 e. The Bertz CT molecular complexity index is 623. The maximum absolute atomic E-state index is 9.85. The van der Waals surface area contributed by atoms with E-state index in [4.69, 9.17) is 15.6 Å². The number of thioether (sulfide) groups is 1. The fourth-order valence-electron chi connectivity index (χ4n) is 1.95. The molecule has 6 N–H and O–H groups in total. The Kier molecular flexibility index (Phi) is 3.48. The standard InChI is InChI=1S/C10H13N5O4S/c11-7-4-8(13-2-12-7)15-10(14-4)20-9-6(18)5(17)3(1-16)19-9/h2-3,5-6,9,16-18H,1H2,(H3,11,12,13,14,15)/t3-,5+,6+,9-/m0/s1. The summed E-state index contributed by atoms with van der Waals surface area (Å²) in [6.07, 6.45) is -1.75. The van der Waals surface area contributed by atoms with E-state index in [0.29, 0.717) is 16.3 Å². The van der Waals surface area contributed by atoms with Gasteiger partial charge in [-0.15, -0.1) is 0 Å². The van der Waals surface area contributed by atoms with Gasteiger partial charge in [0.1, 0.15) is 35.6 Å². The Morgan fingerprint density at radius 2 is 2.15 bits per heavy atom. The lowest BCUT2D eigenvalue weighted by atomic mass is 10.2. The molecule has 0 aliphatic carbocycles. The third kappa shape index (κ3) is 2.21. The van der Waals surface area contributed by atoms with Crippen LogP contribution in [0.1, 0.15) is 0 Å². The molecule has 0 bridgehead atoms. The topological polar surface area (TPSA) is 150 Å². The Balaban J connectivity index is 1.81. The number of hydrogen-bond acceptors (Lipinski definition) is 9. The first kappa shape index (κ1) is 13.5. The number of nitrogen functional groups attached to an aromatic ring is 1. The number of hydrogen-bond donors (Lipinski definition) is 5. The van der Waals surface area contributed by atoms with E-state index in [-0.39, 0.29) is 12.4 Å². The number of nitrogens with zero attached hydrogens (tertiary/aromatic N) is 3. The summed E-state index contributed by atoms with van der Waals surface area (Å²) in [5.41, 5.74) is 5.86. The molecule has 0 amide bonds. The first-order valence-electron chi connectivity index (χ1n) is 5.85. The summed E-state index contributed by atoms with van der Waals surface area (Å²) in [6, 6.07) is 0. The van der Waals surface area contributed by atoms with E-state index in [1.807, 2.05) is 0 Å². The number of nitrogens with two attached hydrogens (primary N) is 1. The number of imidazole rings is 1. The molecule has 0 unspecified atom stereocenters. The van der Waals surface area contributed by atoms with Gasteiger partial charge in [0.25, 0.3) is 0 Å². The van der Waals surface area contributed by atoms with Crippen molar-refractivity contribution < 1.29 is 20.1 Å². The third-order valence-corrected chi connectivity index (χ3v) is 4.06. The fourth-order valence-corrected chi connectivity index (χ4v) is 2.97. The third-order valence-electron chi connectivity index (χ3n) is 3.02. The van der Waals surface area contributed by atoms with Crippen LogP contribution in [0.4, 0.5) is 5.82 Å². The predicted octanol–water partition coefficient (Wildman–Crippen LogP) is -1.53. The first-order valence-corrected chi connectivity index (χ1v) is 6.73. The van der Waals surface area contributed by atoms with Crippen LogP contribution in [0.5, 0.6) is 0 Å². The molecule has 9 nitrogen and oxygen atoms in total. The normalized spacial score (nSPS) is 30.1. The van der Waals surface area contributed by atoms with Crippen LogP contribution in [-0.2, 0) is 4.74 Å². The van der Waals surface area contributed by atoms with Crippen molar-refractivity contribution in [1.29, 1.82) is 0 Å². The number of ether oxygens (including phenoxy) is 1. The molecular formula is C10H13N5O4S. The van der Waals surface area contributed by atoms with Crippen LogP contribution in [0.15, 0.2) is 11.5 Å². The average molecular weight is 299 g/mol. The molecule has 1 aliphatic heterocycles. The molecule has 1 fully saturated rings. The van der Waals surface area contributed by atoms with Gasteiger partial charge in [0.2, 0.25) is 0 Å². The van der Waals surface area contributed by atoms with Crippen LogP contribution < -0.4 is 5.73 Å². The molecule has 0 aromatic carbocycles. The molecule has 1 saturated heterocycles. The van der Waals surface area contributed by atoms with Gasteiger partial charge in [0, 0.05) is 0 Å². The highest BCUT2D eigenvalue weighted by atomic mass is 32.2. The second-order valence-electron chi connectivity index (χ2n) is 4.32. The minimum atomic E-state index is -1.13. The van der Waals surface area contributed by atoms with Gasteiger partial charge in [-0.1, -0.05) is 11.8 Å². The lowest BCUT2D eigenvalue weighted by molar-refractivity contribution is -0.00810. The second kappa shape index (κ2) is 5.14. The van der Waals surface area contributed by atoms with Crippen LogP contribution in [0.25, 0.3) is 11.2 Å². The van der Waals surface area contributed by atoms with E-state index < -0.39 is 23.7 Å². The van der Waals surface area contributed by atoms with Gasteiger partial charge < -0.3 is 30.8 Å². The minimum Gasteiger partial charge on any atom is -0.394 e. The van der Waals surface area contributed by atoms with E-state index >= 15 is 0 Å². The molecule has 2 aromatic rings. The Morgan fingerprint density at radius 1 is 1.35 bits per heavy atom. The molecule has 4 atom stereocenters. The zero-order valence-electron chi connectivity index (χ0n) is 10.2. The maximum Gasteiger partial charge on any atom is 0.183 e. The Morgan fingerprint density at radius 3 is 2.80 bits per heavy atom. The first-order chi connectivity index (χ1) is 9.60. The number of aromatic amines is 1. The molecule has 3 rings (SSSR count). The summed E-state index contributed by atoms with van der Waals surface area (Å²) in [5, 5.41) is 29.0. The summed E-state index contributed by atoms with van der Waals surface area (Å²) in [7, 11) is 0. The zero-order chi connectivity index (χ0) is 14.3. The largest absolute Gasteiger partial charge is 0.394 e. The average Bonchev–Trinajstić information content (AvgIpc) is 2.96. The van der Waals surface area contributed by atoms with Crippen molar-refractivity contribution in [3.05, 3.63) is 6.33 Å². The van der Waals surface area contributed by atoms with Crippen LogP contribution >= 0.6 is 11.8 Å². The lowest BCUT2D eigenvalue weighted by Crippen LogP contribution is -2.33. The Labute approximate surface area is 117 Å². The van der Waals surface area contributed by atoms with Gasteiger partial charge in [-0.2, -0.15) is 0 Å². The molecule has 3 heterocycles. The molecule has 20 heavy (non-hydrogen) atoms. The number of fused-ring (bicyclic) bond motifs is 1.